The number of hydrogen-bond acceptors (Lipinski definition) is 9. The van der Waals surface area contributed by atoms with E-state index in [4.69, 9.17) is 15.8 Å². The second kappa shape index (κ2) is 4.80. The van der Waals surface area contributed by atoms with Crippen LogP contribution in [0.4, 0.5) is 17.8 Å². The fraction of sp³-hybridized carbons (Fsp3) is 0. The van der Waals surface area contributed by atoms with Gasteiger partial charge in [0.25, 0.3) is 0 Å². The van der Waals surface area contributed by atoms with Gasteiger partial charge < -0.3 is 0 Å². The van der Waals surface area contributed by atoms with E-state index in [1.54, 1.807) is 18.6 Å². The standard InChI is InChI=1S/C6H3N9/c7-1-10-4-13-5(11-2-8)15-6(14-4)12-3-9/h(H3,10,11,12,13,14,15). The normalized spacial score (nSPS) is 7.80. The fourth-order valence-electron chi connectivity index (χ4n) is 0.694. The third-order valence-corrected chi connectivity index (χ3v) is 1.14. The predicted octanol–water partition coefficient (Wildman–Crippen LogP) is -0.449. The minimum Gasteiger partial charge on any atom is -0.260 e. The number of anilines is 3. The Labute approximate surface area is 84.0 Å². The van der Waals surface area contributed by atoms with E-state index in [2.05, 4.69) is 30.9 Å². The van der Waals surface area contributed by atoms with Gasteiger partial charge in [-0.3, -0.25) is 16.0 Å². The molecule has 0 aliphatic carbocycles. The van der Waals surface area contributed by atoms with Crippen molar-refractivity contribution < 1.29 is 0 Å². The Balaban J connectivity index is 3.05. The van der Waals surface area contributed by atoms with Crippen molar-refractivity contribution in [3.63, 3.8) is 0 Å². The molecule has 0 radical (unpaired) electrons. The zero-order chi connectivity index (χ0) is 11.1. The molecule has 3 N–H and O–H groups in total. The van der Waals surface area contributed by atoms with Crippen LogP contribution in [-0.4, -0.2) is 15.0 Å². The molecule has 15 heavy (non-hydrogen) atoms. The summed E-state index contributed by atoms with van der Waals surface area (Å²) in [5, 5.41) is 31.4. The van der Waals surface area contributed by atoms with Crippen molar-refractivity contribution in [3.8, 4) is 18.6 Å². The molecule has 1 aromatic heterocycles. The molecule has 0 saturated carbocycles. The minimum absolute atomic E-state index is 0.0667. The molecule has 0 fully saturated rings. The van der Waals surface area contributed by atoms with Crippen molar-refractivity contribution in [1.29, 1.82) is 15.8 Å². The molecule has 0 spiro atoms. The number of hydrogen-bond donors (Lipinski definition) is 3. The van der Waals surface area contributed by atoms with Crippen LogP contribution in [0, 0.1) is 34.4 Å². The van der Waals surface area contributed by atoms with Crippen molar-refractivity contribution in [2.75, 3.05) is 16.0 Å². The molecule has 72 valence electrons. The highest BCUT2D eigenvalue weighted by atomic mass is 15.3. The summed E-state index contributed by atoms with van der Waals surface area (Å²) in [6.07, 6.45) is 4.80. The van der Waals surface area contributed by atoms with Crippen molar-refractivity contribution in [2.24, 2.45) is 0 Å². The molecule has 0 aliphatic rings. The van der Waals surface area contributed by atoms with E-state index in [0.717, 1.165) is 0 Å². The SMILES string of the molecule is N#CNc1nc(NC#N)nc(NC#N)n1. The summed E-state index contributed by atoms with van der Waals surface area (Å²) in [6.45, 7) is 0. The summed E-state index contributed by atoms with van der Waals surface area (Å²) in [5.41, 5.74) is 0. The molecule has 1 aromatic rings. The molecule has 0 saturated heterocycles. The van der Waals surface area contributed by atoms with Crippen molar-refractivity contribution in [2.45, 2.75) is 0 Å². The highest BCUT2D eigenvalue weighted by Crippen LogP contribution is 2.07. The first-order valence-electron chi connectivity index (χ1n) is 3.51. The van der Waals surface area contributed by atoms with Crippen LogP contribution in [0.5, 0.6) is 0 Å². The Bertz CT molecular complexity index is 389. The van der Waals surface area contributed by atoms with Crippen LogP contribution in [0.3, 0.4) is 0 Å². The van der Waals surface area contributed by atoms with Gasteiger partial charge >= 0.3 is 0 Å². The number of nitriles is 3. The van der Waals surface area contributed by atoms with Crippen LogP contribution >= 0.6 is 0 Å². The lowest BCUT2D eigenvalue weighted by molar-refractivity contribution is 1.06. The summed E-state index contributed by atoms with van der Waals surface area (Å²) in [6, 6.07) is 0. The van der Waals surface area contributed by atoms with E-state index in [0.29, 0.717) is 0 Å². The Morgan fingerprint density at radius 1 is 0.667 bits per heavy atom. The summed E-state index contributed by atoms with van der Waals surface area (Å²) < 4.78 is 0. The number of nitrogens with zero attached hydrogens (tertiary/aromatic N) is 6. The highest BCUT2D eigenvalue weighted by molar-refractivity contribution is 5.46. The third kappa shape index (κ3) is 2.68. The largest absolute Gasteiger partial charge is 0.260 e. The lowest BCUT2D eigenvalue weighted by atomic mass is 10.8. The topological polar surface area (TPSA) is 146 Å². The molecule has 0 aliphatic heterocycles. The number of rotatable bonds is 3. The van der Waals surface area contributed by atoms with Gasteiger partial charge in [0.15, 0.2) is 18.6 Å². The van der Waals surface area contributed by atoms with Crippen molar-refractivity contribution in [3.05, 3.63) is 0 Å². The van der Waals surface area contributed by atoms with E-state index in [1.807, 2.05) is 0 Å². The molecule has 0 aromatic carbocycles. The van der Waals surface area contributed by atoms with Gasteiger partial charge in [0.2, 0.25) is 17.8 Å². The maximum absolute atomic E-state index is 8.33. The van der Waals surface area contributed by atoms with Crippen LogP contribution in [-0.2, 0) is 0 Å². The molecule has 9 heteroatoms. The van der Waals surface area contributed by atoms with Crippen molar-refractivity contribution in [1.82, 2.24) is 15.0 Å². The Morgan fingerprint density at radius 3 is 1.13 bits per heavy atom. The van der Waals surface area contributed by atoms with E-state index >= 15 is 0 Å². The molecule has 0 bridgehead atoms. The lowest BCUT2D eigenvalue weighted by Crippen LogP contribution is -2.06. The molecule has 1 rings (SSSR count). The average molecular weight is 201 g/mol. The monoisotopic (exact) mass is 201 g/mol. The molecule has 0 atom stereocenters. The van der Waals surface area contributed by atoms with E-state index < -0.39 is 0 Å². The van der Waals surface area contributed by atoms with Crippen LogP contribution in [0.25, 0.3) is 0 Å². The summed E-state index contributed by atoms with van der Waals surface area (Å²) in [7, 11) is 0. The number of aromatic nitrogens is 3. The first-order valence-corrected chi connectivity index (χ1v) is 3.51. The second-order valence-electron chi connectivity index (χ2n) is 2.02. The quantitative estimate of drug-likeness (QED) is 0.436. The lowest BCUT2D eigenvalue weighted by Gasteiger charge is -2.01. The minimum atomic E-state index is -0.0667. The Kier molecular flexibility index (Phi) is 3.19. The first-order chi connectivity index (χ1) is 7.30. The first kappa shape index (κ1) is 9.96. The Hall–Kier alpha value is -3.12. The van der Waals surface area contributed by atoms with Gasteiger partial charge in [0.05, 0.1) is 0 Å². The van der Waals surface area contributed by atoms with Gasteiger partial charge in [0.1, 0.15) is 0 Å². The molecule has 1 heterocycles. The van der Waals surface area contributed by atoms with E-state index in [1.165, 1.54) is 0 Å². The van der Waals surface area contributed by atoms with E-state index in [9.17, 15) is 0 Å². The fourth-order valence-corrected chi connectivity index (χ4v) is 0.694. The third-order valence-electron chi connectivity index (χ3n) is 1.14. The van der Waals surface area contributed by atoms with Gasteiger partial charge in [0, 0.05) is 0 Å². The van der Waals surface area contributed by atoms with Gasteiger partial charge in [-0.1, -0.05) is 0 Å². The molecule has 0 amide bonds. The summed E-state index contributed by atoms with van der Waals surface area (Å²) in [4.78, 5) is 11.0. The summed E-state index contributed by atoms with van der Waals surface area (Å²) in [5.74, 6) is -0.200. The summed E-state index contributed by atoms with van der Waals surface area (Å²) >= 11 is 0. The highest BCUT2D eigenvalue weighted by Gasteiger charge is 2.04. The zero-order valence-electron chi connectivity index (χ0n) is 7.18. The maximum atomic E-state index is 8.33. The maximum Gasteiger partial charge on any atom is 0.242 e. The van der Waals surface area contributed by atoms with E-state index in [-0.39, 0.29) is 17.8 Å². The van der Waals surface area contributed by atoms with Crippen LogP contribution in [0.1, 0.15) is 0 Å². The smallest absolute Gasteiger partial charge is 0.242 e. The molecular formula is C6H3N9. The van der Waals surface area contributed by atoms with Crippen LogP contribution < -0.4 is 16.0 Å². The average Bonchev–Trinajstić information content (AvgIpc) is 2.19. The van der Waals surface area contributed by atoms with Crippen molar-refractivity contribution >= 4 is 17.8 Å². The number of nitrogens with one attached hydrogen (secondary N) is 3. The van der Waals surface area contributed by atoms with Gasteiger partial charge in [-0.2, -0.15) is 30.7 Å². The van der Waals surface area contributed by atoms with Crippen LogP contribution in [0.15, 0.2) is 0 Å². The van der Waals surface area contributed by atoms with Gasteiger partial charge in [-0.15, -0.1) is 0 Å². The van der Waals surface area contributed by atoms with Crippen LogP contribution in [0.2, 0.25) is 0 Å². The second-order valence-corrected chi connectivity index (χ2v) is 2.02. The van der Waals surface area contributed by atoms with Gasteiger partial charge in [-0.25, -0.2) is 0 Å². The molecule has 9 nitrogen and oxygen atoms in total. The zero-order valence-corrected chi connectivity index (χ0v) is 7.18. The molecule has 0 unspecified atom stereocenters. The Morgan fingerprint density at radius 2 is 0.933 bits per heavy atom. The predicted molar refractivity (Wildman–Crippen MR) is 47.5 cm³/mol. The molecular weight excluding hydrogens is 198 g/mol. The van der Waals surface area contributed by atoms with Gasteiger partial charge in [-0.05, 0) is 0 Å².